The first-order valence-corrected chi connectivity index (χ1v) is 9.20. The van der Waals surface area contributed by atoms with E-state index in [1.807, 2.05) is 0 Å². The maximum absolute atomic E-state index is 10.8. The van der Waals surface area contributed by atoms with E-state index in [0.29, 0.717) is 29.6 Å². The van der Waals surface area contributed by atoms with Gasteiger partial charge in [-0.3, -0.25) is 0 Å². The molecule has 0 amide bonds. The standard InChI is InChI=1S/C20H30O2/c1-12-11-13-6-7-16(21)18(22)20(13,3)15-8-10-19(2)9-4-5-14(19)17(12)15/h8,12-14,17,21-22H,4-7,9-11H2,1-3H3/t12-,13-,14-,17-,19-,20-/m0/s1. The molecule has 2 fully saturated rings. The second-order valence-corrected chi connectivity index (χ2v) is 8.99. The van der Waals surface area contributed by atoms with Crippen LogP contribution in [0.4, 0.5) is 0 Å². The molecule has 4 aliphatic carbocycles. The lowest BCUT2D eigenvalue weighted by Crippen LogP contribution is -2.50. The Kier molecular flexibility index (Phi) is 3.03. The Hall–Kier alpha value is -0.920. The van der Waals surface area contributed by atoms with Crippen LogP contribution < -0.4 is 0 Å². The van der Waals surface area contributed by atoms with Crippen LogP contribution in [0.3, 0.4) is 0 Å². The Bertz CT molecular complexity index is 560. The molecule has 0 unspecified atom stereocenters. The van der Waals surface area contributed by atoms with E-state index in [-0.39, 0.29) is 16.9 Å². The first kappa shape index (κ1) is 14.7. The van der Waals surface area contributed by atoms with E-state index in [2.05, 4.69) is 26.8 Å². The van der Waals surface area contributed by atoms with Crippen LogP contribution in [-0.2, 0) is 0 Å². The quantitative estimate of drug-likeness (QED) is 0.578. The lowest BCUT2D eigenvalue weighted by Gasteiger charge is -2.57. The lowest BCUT2D eigenvalue weighted by atomic mass is 9.48. The summed E-state index contributed by atoms with van der Waals surface area (Å²) < 4.78 is 0. The normalized spacial score (nSPS) is 51.0. The van der Waals surface area contributed by atoms with Gasteiger partial charge in [0.25, 0.3) is 0 Å². The van der Waals surface area contributed by atoms with Crippen molar-refractivity contribution in [2.75, 3.05) is 0 Å². The van der Waals surface area contributed by atoms with Gasteiger partial charge in [0, 0.05) is 6.42 Å². The molecule has 0 heterocycles. The van der Waals surface area contributed by atoms with E-state index in [0.717, 1.165) is 18.8 Å². The van der Waals surface area contributed by atoms with Crippen molar-refractivity contribution in [2.24, 2.45) is 34.5 Å². The second kappa shape index (κ2) is 4.55. The van der Waals surface area contributed by atoms with Gasteiger partial charge in [-0.25, -0.2) is 0 Å². The predicted molar refractivity (Wildman–Crippen MR) is 88.5 cm³/mol. The first-order valence-electron chi connectivity index (χ1n) is 9.20. The van der Waals surface area contributed by atoms with E-state index in [4.69, 9.17) is 0 Å². The minimum Gasteiger partial charge on any atom is -0.509 e. The van der Waals surface area contributed by atoms with Gasteiger partial charge in [-0.2, -0.15) is 0 Å². The highest BCUT2D eigenvalue weighted by Gasteiger charge is 2.58. The summed E-state index contributed by atoms with van der Waals surface area (Å²) in [6, 6.07) is 0. The fourth-order valence-corrected chi connectivity index (χ4v) is 6.62. The van der Waals surface area contributed by atoms with E-state index >= 15 is 0 Å². The second-order valence-electron chi connectivity index (χ2n) is 8.99. The van der Waals surface area contributed by atoms with Gasteiger partial charge in [0.1, 0.15) is 11.5 Å². The zero-order chi connectivity index (χ0) is 15.7. The molecule has 0 radical (unpaired) electrons. The Morgan fingerprint density at radius 1 is 1.18 bits per heavy atom. The van der Waals surface area contributed by atoms with Crippen molar-refractivity contribution < 1.29 is 10.2 Å². The SMILES string of the molecule is C[C@H]1C[C@@H]2CCC(O)=C(O)[C@]2(C)C2=CC[C@]3(C)CCC[C@H]3[C@@H]21. The topological polar surface area (TPSA) is 40.5 Å². The van der Waals surface area contributed by atoms with Crippen molar-refractivity contribution in [2.45, 2.75) is 65.7 Å². The largest absolute Gasteiger partial charge is 0.509 e. The number of allylic oxidation sites excluding steroid dienone is 3. The summed E-state index contributed by atoms with van der Waals surface area (Å²) in [5, 5.41) is 20.9. The summed E-state index contributed by atoms with van der Waals surface area (Å²) in [6.45, 7) is 7.11. The summed E-state index contributed by atoms with van der Waals surface area (Å²) in [4.78, 5) is 0. The molecule has 6 atom stereocenters. The molecular weight excluding hydrogens is 272 g/mol. The molecule has 0 aliphatic heterocycles. The maximum Gasteiger partial charge on any atom is 0.140 e. The van der Waals surface area contributed by atoms with Crippen molar-refractivity contribution in [1.29, 1.82) is 0 Å². The minimum absolute atomic E-state index is 0.243. The average molecular weight is 302 g/mol. The summed E-state index contributed by atoms with van der Waals surface area (Å²) >= 11 is 0. The molecule has 2 saturated carbocycles. The Balaban J connectivity index is 1.84. The van der Waals surface area contributed by atoms with Gasteiger partial charge in [-0.05, 0) is 68.1 Å². The van der Waals surface area contributed by atoms with E-state index in [9.17, 15) is 10.2 Å². The van der Waals surface area contributed by atoms with Gasteiger partial charge in [0.2, 0.25) is 0 Å². The molecule has 0 aromatic carbocycles. The van der Waals surface area contributed by atoms with Gasteiger partial charge in [-0.1, -0.05) is 31.9 Å². The van der Waals surface area contributed by atoms with Crippen LogP contribution in [0.2, 0.25) is 0 Å². The highest BCUT2D eigenvalue weighted by molar-refractivity contribution is 5.37. The molecule has 2 N–H and O–H groups in total. The molecule has 122 valence electrons. The third-order valence-corrected chi connectivity index (χ3v) is 7.92. The minimum atomic E-state index is -0.302. The molecule has 2 nitrogen and oxygen atoms in total. The van der Waals surface area contributed by atoms with Crippen LogP contribution >= 0.6 is 0 Å². The average Bonchev–Trinajstić information content (AvgIpc) is 2.87. The van der Waals surface area contributed by atoms with Gasteiger partial charge < -0.3 is 10.2 Å². The zero-order valence-corrected chi connectivity index (χ0v) is 14.2. The Labute approximate surface area is 134 Å². The number of aliphatic hydroxyl groups excluding tert-OH is 2. The van der Waals surface area contributed by atoms with Crippen LogP contribution in [-0.4, -0.2) is 10.2 Å². The van der Waals surface area contributed by atoms with Crippen molar-refractivity contribution in [3.05, 3.63) is 23.2 Å². The van der Waals surface area contributed by atoms with E-state index in [1.54, 1.807) is 0 Å². The Morgan fingerprint density at radius 2 is 1.95 bits per heavy atom. The molecule has 0 aromatic rings. The van der Waals surface area contributed by atoms with Crippen LogP contribution in [0.1, 0.15) is 65.7 Å². The molecule has 4 aliphatic rings. The van der Waals surface area contributed by atoms with Gasteiger partial charge in [0.05, 0.1) is 5.41 Å². The summed E-state index contributed by atoms with van der Waals surface area (Å²) in [7, 11) is 0. The van der Waals surface area contributed by atoms with Crippen LogP contribution in [0.25, 0.3) is 0 Å². The predicted octanol–water partition coefficient (Wildman–Crippen LogP) is 5.52. The summed E-state index contributed by atoms with van der Waals surface area (Å²) in [5.74, 6) is 3.11. The highest BCUT2D eigenvalue weighted by atomic mass is 16.3. The molecule has 4 rings (SSSR count). The first-order chi connectivity index (χ1) is 10.4. The van der Waals surface area contributed by atoms with Crippen LogP contribution in [0.5, 0.6) is 0 Å². The molecule has 0 spiro atoms. The number of aliphatic hydroxyl groups is 2. The molecule has 0 saturated heterocycles. The van der Waals surface area contributed by atoms with Crippen molar-refractivity contribution in [3.8, 4) is 0 Å². The third kappa shape index (κ3) is 1.67. The number of rotatable bonds is 0. The van der Waals surface area contributed by atoms with Gasteiger partial charge in [-0.15, -0.1) is 0 Å². The lowest BCUT2D eigenvalue weighted by molar-refractivity contribution is 0.0136. The third-order valence-electron chi connectivity index (χ3n) is 7.92. The van der Waals surface area contributed by atoms with Crippen LogP contribution in [0.15, 0.2) is 23.2 Å². The zero-order valence-electron chi connectivity index (χ0n) is 14.2. The van der Waals surface area contributed by atoms with Gasteiger partial charge in [0.15, 0.2) is 0 Å². The number of hydrogen-bond donors (Lipinski definition) is 2. The molecular formula is C20H30O2. The Morgan fingerprint density at radius 3 is 2.73 bits per heavy atom. The van der Waals surface area contributed by atoms with E-state index in [1.165, 1.54) is 31.3 Å². The maximum atomic E-state index is 10.8. The van der Waals surface area contributed by atoms with Crippen molar-refractivity contribution >= 4 is 0 Å². The highest BCUT2D eigenvalue weighted by Crippen LogP contribution is 2.65. The summed E-state index contributed by atoms with van der Waals surface area (Å²) in [6.07, 6.45) is 10.6. The molecule has 0 bridgehead atoms. The van der Waals surface area contributed by atoms with Crippen molar-refractivity contribution in [3.63, 3.8) is 0 Å². The molecule has 2 heteroatoms. The smallest absolute Gasteiger partial charge is 0.140 e. The fourth-order valence-electron chi connectivity index (χ4n) is 6.62. The number of fused-ring (bicyclic) bond motifs is 5. The number of hydrogen-bond acceptors (Lipinski definition) is 2. The summed E-state index contributed by atoms with van der Waals surface area (Å²) in [5.41, 5.74) is 1.63. The van der Waals surface area contributed by atoms with E-state index < -0.39 is 0 Å². The molecule has 22 heavy (non-hydrogen) atoms. The fraction of sp³-hybridized carbons (Fsp3) is 0.800. The van der Waals surface area contributed by atoms with Crippen LogP contribution in [0, 0.1) is 34.5 Å². The van der Waals surface area contributed by atoms with Gasteiger partial charge >= 0.3 is 0 Å². The van der Waals surface area contributed by atoms with Crippen molar-refractivity contribution in [1.82, 2.24) is 0 Å². The molecule has 0 aromatic heterocycles. The monoisotopic (exact) mass is 302 g/mol.